The molecule has 2 rings (SSSR count). The van der Waals surface area contributed by atoms with Crippen molar-refractivity contribution in [2.75, 3.05) is 19.6 Å². The van der Waals surface area contributed by atoms with Crippen molar-refractivity contribution in [3.05, 3.63) is 0 Å². The van der Waals surface area contributed by atoms with Gasteiger partial charge in [-0.05, 0) is 58.2 Å². The second kappa shape index (κ2) is 7.25. The Morgan fingerprint density at radius 1 is 1.21 bits per heavy atom. The van der Waals surface area contributed by atoms with Gasteiger partial charge in [0.15, 0.2) is 0 Å². The van der Waals surface area contributed by atoms with Gasteiger partial charge in [-0.2, -0.15) is 0 Å². The quantitative estimate of drug-likeness (QED) is 0.811. The zero-order chi connectivity index (χ0) is 13.7. The summed E-state index contributed by atoms with van der Waals surface area (Å²) >= 11 is 0. The number of rotatable bonds is 4. The minimum Gasteiger partial charge on any atom is -0.352 e. The number of carbonyl (C=O) groups excluding carboxylic acids is 1. The molecule has 3 N–H and O–H groups in total. The smallest absolute Gasteiger partial charge is 0.237 e. The molecule has 2 aliphatic rings. The van der Waals surface area contributed by atoms with Crippen LogP contribution in [-0.2, 0) is 4.79 Å². The molecule has 4 nitrogen and oxygen atoms in total. The van der Waals surface area contributed by atoms with E-state index in [-0.39, 0.29) is 11.9 Å². The van der Waals surface area contributed by atoms with Gasteiger partial charge in [0.2, 0.25) is 5.91 Å². The van der Waals surface area contributed by atoms with E-state index in [0.717, 1.165) is 19.5 Å². The van der Waals surface area contributed by atoms with Crippen LogP contribution in [0.25, 0.3) is 0 Å². The van der Waals surface area contributed by atoms with E-state index in [1.165, 1.54) is 38.5 Å². The van der Waals surface area contributed by atoms with E-state index in [2.05, 4.69) is 10.2 Å². The number of amides is 1. The molecule has 1 amide bonds. The molecular formula is C15H29N3O. The lowest BCUT2D eigenvalue weighted by molar-refractivity contribution is -0.126. The Balaban J connectivity index is 1.84. The first-order valence-corrected chi connectivity index (χ1v) is 7.97. The van der Waals surface area contributed by atoms with E-state index >= 15 is 0 Å². The molecular weight excluding hydrogens is 238 g/mol. The number of hydrogen-bond donors (Lipinski definition) is 2. The molecule has 2 fully saturated rings. The molecule has 0 aromatic rings. The Morgan fingerprint density at radius 3 is 2.53 bits per heavy atom. The number of hydrogen-bond acceptors (Lipinski definition) is 3. The number of nitrogens with one attached hydrogen (secondary N) is 1. The number of nitrogens with zero attached hydrogens (tertiary/aromatic N) is 1. The molecule has 1 saturated carbocycles. The van der Waals surface area contributed by atoms with Crippen molar-refractivity contribution in [3.63, 3.8) is 0 Å². The molecule has 4 heteroatoms. The molecule has 1 aliphatic carbocycles. The summed E-state index contributed by atoms with van der Waals surface area (Å²) in [6, 6.07) is 0.323. The Hall–Kier alpha value is -0.610. The zero-order valence-corrected chi connectivity index (χ0v) is 12.2. The lowest BCUT2D eigenvalue weighted by Crippen LogP contribution is -2.50. The summed E-state index contributed by atoms with van der Waals surface area (Å²) in [7, 11) is 0. The van der Waals surface area contributed by atoms with Gasteiger partial charge in [0, 0.05) is 6.04 Å². The van der Waals surface area contributed by atoms with Gasteiger partial charge in [0.25, 0.3) is 0 Å². The van der Waals surface area contributed by atoms with Crippen LogP contribution in [0, 0.1) is 5.92 Å². The highest BCUT2D eigenvalue weighted by Gasteiger charge is 2.30. The monoisotopic (exact) mass is 267 g/mol. The van der Waals surface area contributed by atoms with Crippen LogP contribution in [0.2, 0.25) is 0 Å². The SMILES string of the molecule is CC(C(=O)NC1CCCC1CN)N1CCCCCC1. The molecule has 1 saturated heterocycles. The number of carbonyl (C=O) groups is 1. The third kappa shape index (κ3) is 3.93. The van der Waals surface area contributed by atoms with E-state index < -0.39 is 0 Å². The van der Waals surface area contributed by atoms with E-state index in [9.17, 15) is 4.79 Å². The van der Waals surface area contributed by atoms with Crippen LogP contribution in [0.3, 0.4) is 0 Å². The maximum absolute atomic E-state index is 12.4. The van der Waals surface area contributed by atoms with Crippen LogP contribution in [0.5, 0.6) is 0 Å². The molecule has 19 heavy (non-hydrogen) atoms. The van der Waals surface area contributed by atoms with Gasteiger partial charge < -0.3 is 11.1 Å². The molecule has 3 atom stereocenters. The number of likely N-dealkylation sites (tertiary alicyclic amines) is 1. The van der Waals surface area contributed by atoms with Crippen molar-refractivity contribution in [2.24, 2.45) is 11.7 Å². The Kier molecular flexibility index (Phi) is 5.64. The lowest BCUT2D eigenvalue weighted by Gasteiger charge is -2.29. The van der Waals surface area contributed by atoms with Crippen molar-refractivity contribution in [1.29, 1.82) is 0 Å². The fraction of sp³-hybridized carbons (Fsp3) is 0.933. The van der Waals surface area contributed by atoms with Gasteiger partial charge in [0.1, 0.15) is 0 Å². The van der Waals surface area contributed by atoms with Gasteiger partial charge in [-0.15, -0.1) is 0 Å². The summed E-state index contributed by atoms with van der Waals surface area (Å²) in [5.41, 5.74) is 5.78. The van der Waals surface area contributed by atoms with Gasteiger partial charge >= 0.3 is 0 Å². The Bertz CT molecular complexity index is 287. The average molecular weight is 267 g/mol. The molecule has 0 bridgehead atoms. The molecule has 0 radical (unpaired) electrons. The van der Waals surface area contributed by atoms with Crippen molar-refractivity contribution >= 4 is 5.91 Å². The lowest BCUT2D eigenvalue weighted by atomic mass is 10.0. The van der Waals surface area contributed by atoms with Crippen molar-refractivity contribution in [2.45, 2.75) is 64.0 Å². The van der Waals surface area contributed by atoms with Gasteiger partial charge in [-0.1, -0.05) is 19.3 Å². The second-order valence-electron chi connectivity index (χ2n) is 6.17. The van der Waals surface area contributed by atoms with Crippen LogP contribution in [0.4, 0.5) is 0 Å². The maximum Gasteiger partial charge on any atom is 0.237 e. The Morgan fingerprint density at radius 2 is 1.89 bits per heavy atom. The summed E-state index contributed by atoms with van der Waals surface area (Å²) in [5.74, 6) is 0.688. The summed E-state index contributed by atoms with van der Waals surface area (Å²) in [5, 5.41) is 3.24. The minimum absolute atomic E-state index is 0.0112. The molecule has 0 aromatic heterocycles. The van der Waals surface area contributed by atoms with E-state index in [4.69, 9.17) is 5.73 Å². The summed E-state index contributed by atoms with van der Waals surface area (Å²) in [6.45, 7) is 4.88. The first kappa shape index (κ1) is 14.8. The third-order valence-electron chi connectivity index (χ3n) is 4.86. The second-order valence-corrected chi connectivity index (χ2v) is 6.17. The normalized spacial score (nSPS) is 30.8. The maximum atomic E-state index is 12.4. The molecule has 0 spiro atoms. The standard InChI is InChI=1S/C15H29N3O/c1-12(18-9-4-2-3-5-10-18)15(19)17-14-8-6-7-13(14)11-16/h12-14H,2-11,16H2,1H3,(H,17,19). The molecule has 0 aromatic carbocycles. The van der Waals surface area contributed by atoms with Crippen molar-refractivity contribution in [3.8, 4) is 0 Å². The molecule has 1 heterocycles. The highest BCUT2D eigenvalue weighted by molar-refractivity contribution is 5.81. The highest BCUT2D eigenvalue weighted by atomic mass is 16.2. The highest BCUT2D eigenvalue weighted by Crippen LogP contribution is 2.24. The molecule has 3 unspecified atom stereocenters. The van der Waals surface area contributed by atoms with E-state index in [1.54, 1.807) is 0 Å². The zero-order valence-electron chi connectivity index (χ0n) is 12.2. The summed E-state index contributed by atoms with van der Waals surface area (Å²) in [4.78, 5) is 14.7. The van der Waals surface area contributed by atoms with Crippen LogP contribution in [-0.4, -0.2) is 42.5 Å². The minimum atomic E-state index is 0.0112. The van der Waals surface area contributed by atoms with Gasteiger partial charge in [-0.3, -0.25) is 9.69 Å². The average Bonchev–Trinajstić information content (AvgIpc) is 2.69. The van der Waals surface area contributed by atoms with Crippen LogP contribution >= 0.6 is 0 Å². The van der Waals surface area contributed by atoms with Crippen molar-refractivity contribution in [1.82, 2.24) is 10.2 Å². The largest absolute Gasteiger partial charge is 0.352 e. The van der Waals surface area contributed by atoms with E-state index in [1.807, 2.05) is 6.92 Å². The van der Waals surface area contributed by atoms with Crippen LogP contribution < -0.4 is 11.1 Å². The number of nitrogens with two attached hydrogens (primary N) is 1. The van der Waals surface area contributed by atoms with Crippen molar-refractivity contribution < 1.29 is 4.79 Å². The fourth-order valence-corrected chi connectivity index (χ4v) is 3.46. The van der Waals surface area contributed by atoms with Crippen LogP contribution in [0.1, 0.15) is 51.9 Å². The predicted octanol–water partition coefficient (Wildman–Crippen LogP) is 1.49. The first-order valence-electron chi connectivity index (χ1n) is 7.97. The first-order chi connectivity index (χ1) is 9.22. The predicted molar refractivity (Wildman–Crippen MR) is 77.8 cm³/mol. The summed E-state index contributed by atoms with van der Waals surface area (Å²) < 4.78 is 0. The molecule has 110 valence electrons. The van der Waals surface area contributed by atoms with Gasteiger partial charge in [0.05, 0.1) is 6.04 Å². The fourth-order valence-electron chi connectivity index (χ4n) is 3.46. The summed E-state index contributed by atoms with van der Waals surface area (Å²) in [6.07, 6.45) is 8.54. The van der Waals surface area contributed by atoms with E-state index in [0.29, 0.717) is 18.5 Å². The third-order valence-corrected chi connectivity index (χ3v) is 4.86. The Labute approximate surface area is 117 Å². The molecule has 1 aliphatic heterocycles. The topological polar surface area (TPSA) is 58.4 Å². The van der Waals surface area contributed by atoms with Crippen LogP contribution in [0.15, 0.2) is 0 Å². The van der Waals surface area contributed by atoms with Gasteiger partial charge in [-0.25, -0.2) is 0 Å².